The summed E-state index contributed by atoms with van der Waals surface area (Å²) in [5, 5.41) is 4.31. The molecule has 0 amide bonds. The lowest BCUT2D eigenvalue weighted by Crippen LogP contribution is -2.37. The second kappa shape index (κ2) is 13.1. The molecule has 0 fully saturated rings. The van der Waals surface area contributed by atoms with Gasteiger partial charge in [0, 0.05) is 28.3 Å². The second-order valence-electron chi connectivity index (χ2n) is 10.8. The predicted octanol–water partition coefficient (Wildman–Crippen LogP) is 10.7. The SMILES string of the molecule is C=C(C)c1ccc(NC(=C)C(Cc2ccccc2CC)N2C=C(CC)C(c3cc(Cl)ccc3C(=C)C)=CC2=C)cc1. The van der Waals surface area contributed by atoms with E-state index in [0.29, 0.717) is 5.02 Å². The van der Waals surface area contributed by atoms with Crippen molar-refractivity contribution in [3.8, 4) is 0 Å². The summed E-state index contributed by atoms with van der Waals surface area (Å²) >= 11 is 6.48. The van der Waals surface area contributed by atoms with Crippen LogP contribution in [0.4, 0.5) is 5.69 Å². The minimum absolute atomic E-state index is 0.0599. The summed E-state index contributed by atoms with van der Waals surface area (Å²) in [6.45, 7) is 25.8. The van der Waals surface area contributed by atoms with Gasteiger partial charge in [0.1, 0.15) is 0 Å². The molecule has 4 rings (SSSR count). The first-order valence-electron chi connectivity index (χ1n) is 14.3. The minimum Gasteiger partial charge on any atom is -0.358 e. The summed E-state index contributed by atoms with van der Waals surface area (Å²) in [5.74, 6) is 0. The molecular weight excluding hydrogens is 520 g/mol. The zero-order chi connectivity index (χ0) is 29.7. The summed E-state index contributed by atoms with van der Waals surface area (Å²) in [4.78, 5) is 2.28. The molecule has 0 aliphatic carbocycles. The molecule has 1 unspecified atom stereocenters. The molecule has 0 bridgehead atoms. The smallest absolute Gasteiger partial charge is 0.0769 e. The molecule has 0 saturated heterocycles. The molecule has 1 atom stereocenters. The number of allylic oxidation sites excluding steroid dienone is 5. The number of nitrogens with zero attached hydrogens (tertiary/aromatic N) is 1. The standard InChI is InChI=1S/C38H41ClN2/c1-9-29-13-11-12-14-32(29)22-38(28(8)40-34-18-15-31(16-19-34)25(3)4)41-24-30(10-2)36(21-27(41)7)37-23-33(39)17-20-35(37)26(5)6/h11-21,23-24,38,40H,3,5,7-10,22H2,1-2,4,6H3. The van der Waals surface area contributed by atoms with Gasteiger partial charge in [-0.3, -0.25) is 0 Å². The fourth-order valence-electron chi connectivity index (χ4n) is 5.39. The summed E-state index contributed by atoms with van der Waals surface area (Å²) in [6.07, 6.45) is 7.06. The predicted molar refractivity (Wildman–Crippen MR) is 181 cm³/mol. The molecule has 1 aliphatic heterocycles. The Hall–Kier alpha value is -4.01. The first-order valence-corrected chi connectivity index (χ1v) is 14.6. The fourth-order valence-corrected chi connectivity index (χ4v) is 5.57. The largest absolute Gasteiger partial charge is 0.358 e. The van der Waals surface area contributed by atoms with Crippen molar-refractivity contribution >= 4 is 34.0 Å². The van der Waals surface area contributed by atoms with Crippen molar-refractivity contribution in [3.63, 3.8) is 0 Å². The van der Waals surface area contributed by atoms with Gasteiger partial charge in [0.2, 0.25) is 0 Å². The van der Waals surface area contributed by atoms with E-state index in [1.807, 2.05) is 26.0 Å². The van der Waals surface area contributed by atoms with Crippen LogP contribution in [0.1, 0.15) is 61.9 Å². The average molecular weight is 561 g/mol. The first kappa shape index (κ1) is 30.0. The van der Waals surface area contributed by atoms with Crippen molar-refractivity contribution in [1.29, 1.82) is 0 Å². The maximum Gasteiger partial charge on any atom is 0.0769 e. The molecule has 1 N–H and O–H groups in total. The van der Waals surface area contributed by atoms with E-state index in [-0.39, 0.29) is 6.04 Å². The van der Waals surface area contributed by atoms with Gasteiger partial charge < -0.3 is 10.2 Å². The Morgan fingerprint density at radius 2 is 1.56 bits per heavy atom. The van der Waals surface area contributed by atoms with E-state index in [1.165, 1.54) is 16.7 Å². The van der Waals surface area contributed by atoms with Crippen molar-refractivity contribution in [2.24, 2.45) is 0 Å². The highest BCUT2D eigenvalue weighted by Crippen LogP contribution is 2.39. The van der Waals surface area contributed by atoms with Gasteiger partial charge in [-0.25, -0.2) is 0 Å². The minimum atomic E-state index is -0.0599. The lowest BCUT2D eigenvalue weighted by molar-refractivity contribution is 0.383. The molecule has 3 aromatic rings. The summed E-state index contributed by atoms with van der Waals surface area (Å²) in [7, 11) is 0. The van der Waals surface area contributed by atoms with Gasteiger partial charge in [0.15, 0.2) is 0 Å². The van der Waals surface area contributed by atoms with Crippen molar-refractivity contribution in [2.75, 3.05) is 5.32 Å². The van der Waals surface area contributed by atoms with E-state index in [1.54, 1.807) is 0 Å². The quantitative estimate of drug-likeness (QED) is 0.251. The van der Waals surface area contributed by atoms with Crippen molar-refractivity contribution < 1.29 is 0 Å². The van der Waals surface area contributed by atoms with Crippen LogP contribution in [0, 0.1) is 0 Å². The zero-order valence-corrected chi connectivity index (χ0v) is 25.6. The molecule has 2 nitrogen and oxygen atoms in total. The molecule has 1 heterocycles. The monoisotopic (exact) mass is 560 g/mol. The molecular formula is C38H41ClN2. The molecule has 1 aliphatic rings. The molecule has 0 saturated carbocycles. The number of benzene rings is 3. The molecule has 3 heteroatoms. The summed E-state index contributed by atoms with van der Waals surface area (Å²) in [6, 6.07) is 23.0. The first-order chi connectivity index (χ1) is 19.6. The average Bonchev–Trinajstić information content (AvgIpc) is 2.96. The van der Waals surface area contributed by atoms with E-state index < -0.39 is 0 Å². The molecule has 3 aromatic carbocycles. The normalized spacial score (nSPS) is 13.8. The third-order valence-corrected chi connectivity index (χ3v) is 7.96. The Balaban J connectivity index is 1.74. The lowest BCUT2D eigenvalue weighted by Gasteiger charge is -2.37. The van der Waals surface area contributed by atoms with Crippen LogP contribution in [0.5, 0.6) is 0 Å². The van der Waals surface area contributed by atoms with Crippen LogP contribution in [-0.2, 0) is 12.8 Å². The van der Waals surface area contributed by atoms with E-state index in [4.69, 9.17) is 11.6 Å². The Labute approximate surface area is 251 Å². The summed E-state index contributed by atoms with van der Waals surface area (Å²) in [5.41, 5.74) is 13.2. The number of rotatable bonds is 11. The van der Waals surface area contributed by atoms with Gasteiger partial charge >= 0.3 is 0 Å². The number of hydrogen-bond donors (Lipinski definition) is 1. The Morgan fingerprint density at radius 3 is 2.17 bits per heavy atom. The van der Waals surface area contributed by atoms with Crippen molar-refractivity contribution in [1.82, 2.24) is 4.90 Å². The van der Waals surface area contributed by atoms with E-state index in [2.05, 4.69) is 117 Å². The van der Waals surface area contributed by atoms with Gasteiger partial charge in [-0.15, -0.1) is 0 Å². The molecule has 210 valence electrons. The van der Waals surface area contributed by atoms with Crippen LogP contribution >= 0.6 is 11.6 Å². The van der Waals surface area contributed by atoms with E-state index in [9.17, 15) is 0 Å². The molecule has 41 heavy (non-hydrogen) atoms. The van der Waals surface area contributed by atoms with Crippen molar-refractivity contribution in [3.05, 3.63) is 155 Å². The van der Waals surface area contributed by atoms with Crippen LogP contribution < -0.4 is 5.32 Å². The van der Waals surface area contributed by atoms with Crippen LogP contribution in [0.25, 0.3) is 16.7 Å². The maximum absolute atomic E-state index is 6.48. The van der Waals surface area contributed by atoms with Crippen molar-refractivity contribution in [2.45, 2.75) is 53.0 Å². The number of nitrogens with one attached hydrogen (secondary N) is 1. The number of anilines is 1. The van der Waals surface area contributed by atoms with Gasteiger partial charge in [-0.2, -0.15) is 0 Å². The highest BCUT2D eigenvalue weighted by atomic mass is 35.5. The van der Waals surface area contributed by atoms with E-state index >= 15 is 0 Å². The highest BCUT2D eigenvalue weighted by Gasteiger charge is 2.27. The zero-order valence-electron chi connectivity index (χ0n) is 24.9. The Kier molecular flexibility index (Phi) is 9.57. The molecule has 0 spiro atoms. The third-order valence-electron chi connectivity index (χ3n) is 7.73. The van der Waals surface area contributed by atoms with Gasteiger partial charge in [0.05, 0.1) is 6.04 Å². The molecule has 0 aromatic heterocycles. The van der Waals surface area contributed by atoms with Gasteiger partial charge in [-0.05, 0) is 102 Å². The van der Waals surface area contributed by atoms with Gasteiger partial charge in [0.25, 0.3) is 0 Å². The van der Waals surface area contributed by atoms with Crippen LogP contribution in [0.2, 0.25) is 5.02 Å². The third kappa shape index (κ3) is 6.84. The summed E-state index contributed by atoms with van der Waals surface area (Å²) < 4.78 is 0. The lowest BCUT2D eigenvalue weighted by atomic mass is 9.87. The Morgan fingerprint density at radius 1 is 0.878 bits per heavy atom. The molecule has 0 radical (unpaired) electrons. The Bertz CT molecular complexity index is 1550. The van der Waals surface area contributed by atoms with Crippen LogP contribution in [-0.4, -0.2) is 10.9 Å². The van der Waals surface area contributed by atoms with Crippen LogP contribution in [0.15, 0.2) is 122 Å². The highest BCUT2D eigenvalue weighted by molar-refractivity contribution is 6.30. The number of aryl methyl sites for hydroxylation is 1. The topological polar surface area (TPSA) is 15.3 Å². The van der Waals surface area contributed by atoms with Gasteiger partial charge in [-0.1, -0.05) is 105 Å². The van der Waals surface area contributed by atoms with E-state index in [0.717, 1.165) is 69.8 Å². The van der Waals surface area contributed by atoms with Crippen LogP contribution in [0.3, 0.4) is 0 Å². The number of halogens is 1. The number of hydrogen-bond acceptors (Lipinski definition) is 2. The second-order valence-corrected chi connectivity index (χ2v) is 11.2. The maximum atomic E-state index is 6.48. The fraction of sp³-hybridized carbons (Fsp3) is 0.211.